The van der Waals surface area contributed by atoms with Crippen molar-refractivity contribution < 1.29 is 29.1 Å². The summed E-state index contributed by atoms with van der Waals surface area (Å²) in [5.41, 5.74) is 0. The van der Waals surface area contributed by atoms with Crippen LogP contribution in [0.1, 0.15) is 162 Å². The molecule has 1 aliphatic heterocycles. The predicted octanol–water partition coefficient (Wildman–Crippen LogP) is 10.9. The molecule has 1 fully saturated rings. The second-order valence-corrected chi connectivity index (χ2v) is 11.4. The number of allylic oxidation sites excluding steroid dienone is 8. The molecule has 0 aromatic heterocycles. The molecule has 0 radical (unpaired) electrons. The Morgan fingerprint density at radius 1 is 0.524 bits per heavy atom. The fourth-order valence-corrected chi connectivity index (χ4v) is 4.57. The van der Waals surface area contributed by atoms with Gasteiger partial charge in [0, 0.05) is 6.42 Å². The highest BCUT2D eigenvalue weighted by Gasteiger charge is 2.59. The molecule has 0 unspecified atom stereocenters. The Labute approximate surface area is 256 Å². The Kier molecular flexibility index (Phi) is 24.9. The van der Waals surface area contributed by atoms with Gasteiger partial charge in [0.05, 0.1) is 6.42 Å². The van der Waals surface area contributed by atoms with Crippen LogP contribution in [0.4, 0.5) is 0 Å². The van der Waals surface area contributed by atoms with Crippen molar-refractivity contribution in [3.63, 3.8) is 0 Å². The van der Waals surface area contributed by atoms with E-state index in [1.54, 1.807) is 0 Å². The topological polar surface area (TPSA) is 77.7 Å². The van der Waals surface area contributed by atoms with Crippen molar-refractivity contribution in [3.05, 3.63) is 48.6 Å². The van der Waals surface area contributed by atoms with E-state index in [0.29, 0.717) is 6.42 Å². The standard InChI is InChI=1S/C36H60O6/c1-3-5-7-9-11-13-15-17-19-20-22-24-26-28-30-32-34(37)39-40-35(38)36(41-42-36)33-31-29-27-25-23-21-18-16-14-12-10-8-6-4-2/h11-14,17-19,21H,3-10,15-16,20,22-33H2,1-2H3/b13-11-,14-12-,19-17-,21-18-. The minimum atomic E-state index is -1.40. The summed E-state index contributed by atoms with van der Waals surface area (Å²) in [6.07, 6.45) is 42.0. The Morgan fingerprint density at radius 2 is 0.952 bits per heavy atom. The molecule has 1 rings (SSSR count). The molecule has 0 atom stereocenters. The van der Waals surface area contributed by atoms with Gasteiger partial charge >= 0.3 is 17.7 Å². The van der Waals surface area contributed by atoms with Gasteiger partial charge in [-0.2, -0.15) is 9.78 Å². The van der Waals surface area contributed by atoms with Gasteiger partial charge in [0.15, 0.2) is 0 Å². The Bertz CT molecular complexity index is 778. The SMILES string of the molecule is CCCCC/C=C\C/C=C\CCCCCCCC(=O)OOC(=O)C1(CCCCCC/C=C\C/C=C\CCCCC)OO1. The van der Waals surface area contributed by atoms with Gasteiger partial charge in [0.1, 0.15) is 0 Å². The van der Waals surface area contributed by atoms with Crippen molar-refractivity contribution in [1.29, 1.82) is 0 Å². The molecule has 0 aliphatic carbocycles. The number of hydrogen-bond acceptors (Lipinski definition) is 6. The van der Waals surface area contributed by atoms with E-state index < -0.39 is 17.7 Å². The van der Waals surface area contributed by atoms with Crippen LogP contribution in [-0.2, 0) is 29.1 Å². The lowest BCUT2D eigenvalue weighted by Gasteiger charge is -2.07. The van der Waals surface area contributed by atoms with Crippen LogP contribution in [-0.4, -0.2) is 17.7 Å². The zero-order chi connectivity index (χ0) is 30.4. The van der Waals surface area contributed by atoms with Crippen LogP contribution in [0.15, 0.2) is 48.6 Å². The summed E-state index contributed by atoms with van der Waals surface area (Å²) in [6, 6.07) is 0. The molecule has 1 saturated heterocycles. The first-order valence-corrected chi connectivity index (χ1v) is 17.0. The van der Waals surface area contributed by atoms with Crippen LogP contribution in [0.3, 0.4) is 0 Å². The van der Waals surface area contributed by atoms with Gasteiger partial charge in [-0.25, -0.2) is 19.4 Å². The predicted molar refractivity (Wildman–Crippen MR) is 171 cm³/mol. The molecule has 240 valence electrons. The van der Waals surface area contributed by atoms with E-state index in [2.05, 4.69) is 62.5 Å². The molecule has 0 spiro atoms. The number of unbranched alkanes of at least 4 members (excludes halogenated alkanes) is 15. The molecule has 0 aromatic carbocycles. The van der Waals surface area contributed by atoms with E-state index in [1.165, 1.54) is 51.4 Å². The van der Waals surface area contributed by atoms with Gasteiger partial charge in [0.2, 0.25) is 0 Å². The Morgan fingerprint density at radius 3 is 1.43 bits per heavy atom. The van der Waals surface area contributed by atoms with Crippen LogP contribution < -0.4 is 0 Å². The lowest BCUT2D eigenvalue weighted by Crippen LogP contribution is -2.27. The third-order valence-corrected chi connectivity index (χ3v) is 7.34. The molecule has 0 amide bonds. The quantitative estimate of drug-likeness (QED) is 0.0297. The highest BCUT2D eigenvalue weighted by Crippen LogP contribution is 2.36. The van der Waals surface area contributed by atoms with E-state index in [-0.39, 0.29) is 6.42 Å². The molecule has 6 heteroatoms. The van der Waals surface area contributed by atoms with Crippen molar-refractivity contribution in [2.24, 2.45) is 0 Å². The second kappa shape index (κ2) is 27.6. The Balaban J connectivity index is 1.94. The van der Waals surface area contributed by atoms with Crippen molar-refractivity contribution in [2.75, 3.05) is 0 Å². The van der Waals surface area contributed by atoms with Crippen molar-refractivity contribution in [3.8, 4) is 0 Å². The molecular formula is C36H60O6. The number of carbonyl (C=O) groups excluding carboxylic acids is 2. The van der Waals surface area contributed by atoms with Gasteiger partial charge in [-0.1, -0.05) is 120 Å². The zero-order valence-corrected chi connectivity index (χ0v) is 26.8. The molecule has 0 bridgehead atoms. The highest BCUT2D eigenvalue weighted by atomic mass is 17.4. The number of hydrogen-bond donors (Lipinski definition) is 0. The zero-order valence-electron chi connectivity index (χ0n) is 26.8. The van der Waals surface area contributed by atoms with E-state index in [9.17, 15) is 9.59 Å². The summed E-state index contributed by atoms with van der Waals surface area (Å²) in [5.74, 6) is -2.73. The first kappa shape index (κ1) is 37.8. The molecule has 0 saturated carbocycles. The van der Waals surface area contributed by atoms with Gasteiger partial charge in [0.25, 0.3) is 0 Å². The fourth-order valence-electron chi connectivity index (χ4n) is 4.57. The van der Waals surface area contributed by atoms with E-state index in [0.717, 1.165) is 83.5 Å². The summed E-state index contributed by atoms with van der Waals surface area (Å²) in [7, 11) is 0. The molecule has 0 N–H and O–H groups in total. The fraction of sp³-hybridized carbons (Fsp3) is 0.722. The molecule has 0 aromatic rings. The van der Waals surface area contributed by atoms with Crippen LogP contribution in [0, 0.1) is 0 Å². The largest absolute Gasteiger partial charge is 0.420 e. The van der Waals surface area contributed by atoms with E-state index in [4.69, 9.17) is 19.6 Å². The average molecular weight is 589 g/mol. The maximum Gasteiger partial charge on any atom is 0.420 e. The van der Waals surface area contributed by atoms with Crippen molar-refractivity contribution in [1.82, 2.24) is 0 Å². The normalized spacial score (nSPS) is 14.5. The van der Waals surface area contributed by atoms with E-state index in [1.807, 2.05) is 0 Å². The molecule has 1 aliphatic rings. The first-order valence-electron chi connectivity index (χ1n) is 17.0. The lowest BCUT2D eigenvalue weighted by atomic mass is 10.1. The van der Waals surface area contributed by atoms with E-state index >= 15 is 0 Å². The minimum Gasteiger partial charge on any atom is -0.247 e. The van der Waals surface area contributed by atoms with Gasteiger partial charge in [-0.05, 0) is 77.0 Å². The summed E-state index contributed by atoms with van der Waals surface area (Å²) >= 11 is 0. The summed E-state index contributed by atoms with van der Waals surface area (Å²) in [4.78, 5) is 43.4. The molecule has 42 heavy (non-hydrogen) atoms. The van der Waals surface area contributed by atoms with Crippen molar-refractivity contribution >= 4 is 11.9 Å². The number of carbonyl (C=O) groups is 2. The summed E-state index contributed by atoms with van der Waals surface area (Å²) in [5, 5.41) is 0. The third kappa shape index (κ3) is 22.4. The minimum absolute atomic E-state index is 0.232. The van der Waals surface area contributed by atoms with Gasteiger partial charge < -0.3 is 0 Å². The van der Waals surface area contributed by atoms with Crippen LogP contribution in [0.5, 0.6) is 0 Å². The average Bonchev–Trinajstić information content (AvgIpc) is 3.79. The Hall–Kier alpha value is -2.18. The molecule has 1 heterocycles. The maximum atomic E-state index is 12.2. The maximum absolute atomic E-state index is 12.2. The summed E-state index contributed by atoms with van der Waals surface area (Å²) < 4.78 is 0. The van der Waals surface area contributed by atoms with Crippen LogP contribution >= 0.6 is 0 Å². The smallest absolute Gasteiger partial charge is 0.247 e. The first-order chi connectivity index (χ1) is 20.6. The highest BCUT2D eigenvalue weighted by molar-refractivity contribution is 5.79. The van der Waals surface area contributed by atoms with Crippen LogP contribution in [0.2, 0.25) is 0 Å². The lowest BCUT2D eigenvalue weighted by molar-refractivity contribution is -0.264. The second-order valence-electron chi connectivity index (χ2n) is 11.4. The van der Waals surface area contributed by atoms with Crippen LogP contribution in [0.25, 0.3) is 0 Å². The van der Waals surface area contributed by atoms with Crippen molar-refractivity contribution in [2.45, 2.75) is 167 Å². The number of rotatable bonds is 28. The molecule has 6 nitrogen and oxygen atoms in total. The molecular weight excluding hydrogens is 528 g/mol. The van der Waals surface area contributed by atoms with Gasteiger partial charge in [-0.15, -0.1) is 0 Å². The van der Waals surface area contributed by atoms with Gasteiger partial charge in [-0.3, -0.25) is 0 Å². The third-order valence-electron chi connectivity index (χ3n) is 7.34. The summed E-state index contributed by atoms with van der Waals surface area (Å²) in [6.45, 7) is 4.46. The monoisotopic (exact) mass is 588 g/mol.